The van der Waals surface area contributed by atoms with Crippen molar-refractivity contribution in [3.05, 3.63) is 16.0 Å². The number of unbranched alkanes of at least 4 members (excludes halogenated alkanes) is 1. The standard InChI is InChI=1S/C24H38N16S3/c1-5-7-15-43-22-34-19-29-10-9-26-16-30-17(32-20(41)31-16)27-12-14-38-23-35-21(42-4)33-18(28-8-6-2)39(23)37(13-11-25-3)24(36-22)40(19)38/h25H,5-15H2,1-4H3,(H3,26,27,30,31,32,41). The van der Waals surface area contributed by atoms with Crippen molar-refractivity contribution in [3.63, 3.8) is 0 Å². The van der Waals surface area contributed by atoms with Gasteiger partial charge in [0, 0.05) is 31.9 Å². The Hall–Kier alpha value is -3.29. The minimum Gasteiger partial charge on any atom is -0.354 e. The molecule has 43 heavy (non-hydrogen) atoms. The van der Waals surface area contributed by atoms with Crippen molar-refractivity contribution in [1.82, 2.24) is 58.6 Å². The lowest BCUT2D eigenvalue weighted by atomic mass is 10.4. The van der Waals surface area contributed by atoms with E-state index in [1.807, 2.05) is 27.0 Å². The molecule has 0 atom stereocenters. The monoisotopic (exact) mass is 646 g/mol. The molecule has 0 spiro atoms. The fraction of sp³-hybridized carbons (Fsp3) is 0.625. The van der Waals surface area contributed by atoms with Gasteiger partial charge < -0.3 is 16.0 Å². The van der Waals surface area contributed by atoms with Crippen LogP contribution in [0.3, 0.4) is 0 Å². The second kappa shape index (κ2) is 14.9. The number of hydrogen-bond acceptors (Lipinski definition) is 14. The fourth-order valence-electron chi connectivity index (χ4n) is 4.37. The summed E-state index contributed by atoms with van der Waals surface area (Å²) in [5, 5.41) is 11.2. The third-order valence-corrected chi connectivity index (χ3v) is 8.04. The van der Waals surface area contributed by atoms with Crippen LogP contribution in [0.2, 0.25) is 0 Å². The topological polar surface area (TPSA) is 173 Å². The lowest BCUT2D eigenvalue weighted by Gasteiger charge is -2.22. The Morgan fingerprint density at radius 3 is 2.49 bits per heavy atom. The Morgan fingerprint density at radius 2 is 1.74 bits per heavy atom. The molecule has 4 aromatic rings. The molecule has 0 amide bonds. The number of likely N-dealkylation sites (N-methyl/N-ethyl adjacent to an activating group) is 1. The first-order valence-electron chi connectivity index (χ1n) is 14.4. The quantitative estimate of drug-likeness (QED) is 0.0845. The number of hydrogen-bond donors (Lipinski definition) is 4. The van der Waals surface area contributed by atoms with Gasteiger partial charge in [0.1, 0.15) is 0 Å². The molecule has 0 fully saturated rings. The maximum Gasteiger partial charge on any atom is 0.250 e. The molecule has 0 aromatic carbocycles. The number of thioether (sulfide) groups is 2. The van der Waals surface area contributed by atoms with E-state index in [0.717, 1.165) is 25.0 Å². The molecular weight excluding hydrogens is 609 g/mol. The molecule has 2 bridgehead atoms. The Kier molecular flexibility index (Phi) is 10.8. The zero-order chi connectivity index (χ0) is 30.2. The van der Waals surface area contributed by atoms with Gasteiger partial charge >= 0.3 is 0 Å². The molecule has 0 unspecified atom stereocenters. The molecule has 4 aromatic heterocycles. The van der Waals surface area contributed by atoms with Crippen LogP contribution in [0, 0.1) is 4.77 Å². The average Bonchev–Trinajstić information content (AvgIpc) is 3.01. The first-order chi connectivity index (χ1) is 21.1. The van der Waals surface area contributed by atoms with Crippen molar-refractivity contribution in [2.45, 2.75) is 56.5 Å². The fourth-order valence-corrected chi connectivity index (χ4v) is 5.80. The van der Waals surface area contributed by atoms with E-state index in [0.29, 0.717) is 90.8 Å². The van der Waals surface area contributed by atoms with E-state index in [2.05, 4.69) is 49.4 Å². The number of aromatic nitrogens is 11. The number of nitrogens with zero attached hydrogens (tertiary/aromatic N) is 12. The van der Waals surface area contributed by atoms with E-state index in [1.165, 1.54) is 11.8 Å². The summed E-state index contributed by atoms with van der Waals surface area (Å²) in [7, 11) is 1.93. The molecule has 232 valence electrons. The lowest BCUT2D eigenvalue weighted by molar-refractivity contribution is 0.439. The van der Waals surface area contributed by atoms with Crippen molar-refractivity contribution in [2.24, 2.45) is 9.98 Å². The van der Waals surface area contributed by atoms with Crippen LogP contribution in [0.1, 0.15) is 33.1 Å². The highest BCUT2D eigenvalue weighted by Crippen LogP contribution is 2.16. The Labute approximate surface area is 262 Å². The Balaban J connectivity index is 1.86. The highest BCUT2D eigenvalue weighted by molar-refractivity contribution is 7.99. The normalized spacial score (nSPS) is 14.0. The third kappa shape index (κ3) is 7.27. The van der Waals surface area contributed by atoms with Gasteiger partial charge in [-0.05, 0) is 38.4 Å². The van der Waals surface area contributed by atoms with Gasteiger partial charge in [0.05, 0.1) is 19.6 Å². The first kappa shape index (κ1) is 31.1. The molecule has 1 aliphatic rings. The smallest absolute Gasteiger partial charge is 0.250 e. The van der Waals surface area contributed by atoms with E-state index in [-0.39, 0.29) is 4.77 Å². The summed E-state index contributed by atoms with van der Waals surface area (Å²) in [6.07, 6.45) is 5.02. The second-order valence-electron chi connectivity index (χ2n) is 9.54. The third-order valence-electron chi connectivity index (χ3n) is 6.37. The van der Waals surface area contributed by atoms with Crippen LogP contribution in [-0.4, -0.2) is 105 Å². The van der Waals surface area contributed by atoms with Gasteiger partial charge in [0.2, 0.25) is 27.9 Å². The summed E-state index contributed by atoms with van der Waals surface area (Å²) >= 11 is 8.41. The summed E-state index contributed by atoms with van der Waals surface area (Å²) in [4.78, 5) is 41.5. The predicted octanol–water partition coefficient (Wildman–Crippen LogP) is 1.37. The number of aromatic amines is 1. The van der Waals surface area contributed by atoms with Crippen molar-refractivity contribution in [3.8, 4) is 0 Å². The molecule has 0 saturated heterocycles. The molecule has 1 aliphatic heterocycles. The largest absolute Gasteiger partial charge is 0.354 e. The van der Waals surface area contributed by atoms with Crippen molar-refractivity contribution >= 4 is 59.2 Å². The van der Waals surface area contributed by atoms with Crippen LogP contribution in [-0.2, 0) is 13.1 Å². The van der Waals surface area contributed by atoms with Gasteiger partial charge in [-0.1, -0.05) is 43.8 Å². The van der Waals surface area contributed by atoms with E-state index in [9.17, 15) is 0 Å². The predicted molar refractivity (Wildman–Crippen MR) is 171 cm³/mol. The molecule has 4 N–H and O–H groups in total. The molecular formula is C24H38N16S3. The molecule has 0 saturated carbocycles. The van der Waals surface area contributed by atoms with E-state index in [4.69, 9.17) is 42.1 Å². The molecule has 5 rings (SSSR count). The Bertz CT molecular complexity index is 1780. The highest BCUT2D eigenvalue weighted by atomic mass is 32.2. The number of fused-ring (bicyclic) bond motifs is 4. The molecule has 19 heteroatoms. The minimum absolute atomic E-state index is 0.244. The van der Waals surface area contributed by atoms with E-state index >= 15 is 0 Å². The Morgan fingerprint density at radius 1 is 0.953 bits per heavy atom. The van der Waals surface area contributed by atoms with Gasteiger partial charge in [-0.3, -0.25) is 4.98 Å². The molecule has 0 aliphatic carbocycles. The molecule has 5 heterocycles. The number of nitrogens with one attached hydrogen (secondary N) is 4. The van der Waals surface area contributed by atoms with Gasteiger partial charge in [-0.2, -0.15) is 38.9 Å². The van der Waals surface area contributed by atoms with Crippen LogP contribution < -0.4 is 27.2 Å². The summed E-state index contributed by atoms with van der Waals surface area (Å²) in [6, 6.07) is 0. The minimum atomic E-state index is 0.244. The number of anilines is 2. The maximum absolute atomic E-state index is 5.30. The van der Waals surface area contributed by atoms with Crippen LogP contribution in [0.15, 0.2) is 20.3 Å². The number of H-pyrrole nitrogens is 1. The summed E-state index contributed by atoms with van der Waals surface area (Å²) in [5.41, 5.74) is 1.10. The van der Waals surface area contributed by atoms with Crippen LogP contribution >= 0.6 is 35.7 Å². The van der Waals surface area contributed by atoms with E-state index in [1.54, 1.807) is 11.8 Å². The van der Waals surface area contributed by atoms with Gasteiger partial charge in [-0.15, -0.1) is 0 Å². The maximum atomic E-state index is 5.30. The van der Waals surface area contributed by atoms with Crippen LogP contribution in [0.25, 0.3) is 11.6 Å². The van der Waals surface area contributed by atoms with Crippen molar-refractivity contribution in [1.29, 1.82) is 0 Å². The molecule has 0 radical (unpaired) electrons. The summed E-state index contributed by atoms with van der Waals surface area (Å²) < 4.78 is 8.27. The average molecular weight is 647 g/mol. The second-order valence-corrected chi connectivity index (χ2v) is 11.7. The van der Waals surface area contributed by atoms with Gasteiger partial charge in [0.15, 0.2) is 10.3 Å². The first-order valence-corrected chi connectivity index (χ1v) is 17.0. The summed E-state index contributed by atoms with van der Waals surface area (Å²) in [6.45, 7) is 8.09. The van der Waals surface area contributed by atoms with Crippen molar-refractivity contribution in [2.75, 3.05) is 62.4 Å². The van der Waals surface area contributed by atoms with E-state index < -0.39 is 0 Å². The number of rotatable bonds is 10. The zero-order valence-corrected chi connectivity index (χ0v) is 27.3. The molecule has 16 nitrogen and oxygen atoms in total. The highest BCUT2D eigenvalue weighted by Gasteiger charge is 2.19. The van der Waals surface area contributed by atoms with Gasteiger partial charge in [0.25, 0.3) is 11.6 Å². The SMILES string of the molecule is CCCCSc1nc2n3c(n1)n(CCNC)n1c(=NCCC)nc(SC)nc1n3CCNc1nc(=S)nc([nH]1)NCCN=2. The van der Waals surface area contributed by atoms with Crippen LogP contribution in [0.5, 0.6) is 0 Å². The lowest BCUT2D eigenvalue weighted by Crippen LogP contribution is -2.41. The van der Waals surface area contributed by atoms with Crippen molar-refractivity contribution < 1.29 is 0 Å². The zero-order valence-electron chi connectivity index (χ0n) is 24.9. The van der Waals surface area contributed by atoms with Gasteiger partial charge in [-0.25, -0.2) is 19.3 Å². The van der Waals surface area contributed by atoms with Crippen LogP contribution in [0.4, 0.5) is 11.9 Å². The summed E-state index contributed by atoms with van der Waals surface area (Å²) in [5.74, 6) is 3.27.